The molecule has 1 saturated heterocycles. The van der Waals surface area contributed by atoms with Crippen LogP contribution in [-0.2, 0) is 6.54 Å². The molecule has 0 saturated carbocycles. The zero-order valence-electron chi connectivity index (χ0n) is 12.1. The fourth-order valence-corrected chi connectivity index (χ4v) is 2.80. The van der Waals surface area contributed by atoms with E-state index in [2.05, 4.69) is 27.5 Å². The van der Waals surface area contributed by atoms with Crippen LogP contribution in [0.4, 0.5) is 0 Å². The highest BCUT2D eigenvalue weighted by atomic mass is 15.4. The molecule has 1 aliphatic heterocycles. The van der Waals surface area contributed by atoms with E-state index in [1.807, 2.05) is 10.9 Å². The van der Waals surface area contributed by atoms with Crippen molar-refractivity contribution in [3.05, 3.63) is 12.4 Å². The van der Waals surface area contributed by atoms with Crippen molar-refractivity contribution in [2.75, 3.05) is 26.2 Å². The number of nitrogens with zero attached hydrogens (tertiary/aromatic N) is 4. The molecule has 1 aromatic rings. The van der Waals surface area contributed by atoms with Crippen LogP contribution in [0.1, 0.15) is 39.0 Å². The number of aromatic nitrogens is 3. The second-order valence-corrected chi connectivity index (χ2v) is 5.44. The van der Waals surface area contributed by atoms with E-state index in [0.29, 0.717) is 6.04 Å². The third kappa shape index (κ3) is 5.28. The normalized spacial score (nSPS) is 21.4. The molecule has 0 aliphatic carbocycles. The van der Waals surface area contributed by atoms with Crippen molar-refractivity contribution in [3.8, 4) is 0 Å². The van der Waals surface area contributed by atoms with E-state index in [-0.39, 0.29) is 0 Å². The molecule has 0 radical (unpaired) electrons. The number of hydrogen-bond acceptors (Lipinski definition) is 4. The van der Waals surface area contributed by atoms with Gasteiger partial charge in [0.05, 0.1) is 6.20 Å². The SMILES string of the molecule is CCCN1CCCC(NCCCn2ccnn2)CC1. The van der Waals surface area contributed by atoms with Gasteiger partial charge in [-0.3, -0.25) is 4.68 Å². The summed E-state index contributed by atoms with van der Waals surface area (Å²) >= 11 is 0. The Kier molecular flexibility index (Phi) is 6.30. The molecule has 0 aromatic carbocycles. The Hall–Kier alpha value is -0.940. The van der Waals surface area contributed by atoms with Crippen LogP contribution in [0, 0.1) is 0 Å². The Labute approximate surface area is 116 Å². The molecule has 1 atom stereocenters. The lowest BCUT2D eigenvalue weighted by Crippen LogP contribution is -2.32. The van der Waals surface area contributed by atoms with E-state index in [9.17, 15) is 0 Å². The lowest BCUT2D eigenvalue weighted by atomic mass is 10.1. The van der Waals surface area contributed by atoms with Crippen molar-refractivity contribution >= 4 is 0 Å². The minimum Gasteiger partial charge on any atom is -0.314 e. The van der Waals surface area contributed by atoms with E-state index in [4.69, 9.17) is 0 Å². The van der Waals surface area contributed by atoms with Gasteiger partial charge < -0.3 is 10.2 Å². The second kappa shape index (κ2) is 8.27. The van der Waals surface area contributed by atoms with Crippen molar-refractivity contribution in [1.82, 2.24) is 25.2 Å². The Morgan fingerprint density at radius 1 is 1.26 bits per heavy atom. The first-order valence-corrected chi connectivity index (χ1v) is 7.68. The number of likely N-dealkylation sites (tertiary alicyclic amines) is 1. The van der Waals surface area contributed by atoms with Crippen LogP contribution in [0.5, 0.6) is 0 Å². The molecule has 1 N–H and O–H groups in total. The van der Waals surface area contributed by atoms with Gasteiger partial charge in [-0.25, -0.2) is 0 Å². The average molecular weight is 265 g/mol. The molecule has 0 bridgehead atoms. The van der Waals surface area contributed by atoms with Gasteiger partial charge in [0.25, 0.3) is 0 Å². The molecule has 1 fully saturated rings. The zero-order valence-corrected chi connectivity index (χ0v) is 12.1. The Morgan fingerprint density at radius 2 is 2.21 bits per heavy atom. The summed E-state index contributed by atoms with van der Waals surface area (Å²) in [5.41, 5.74) is 0. The maximum atomic E-state index is 3.98. The Bertz CT molecular complexity index is 325. The highest BCUT2D eigenvalue weighted by Gasteiger charge is 2.15. The van der Waals surface area contributed by atoms with Gasteiger partial charge in [0, 0.05) is 18.8 Å². The number of hydrogen-bond donors (Lipinski definition) is 1. The summed E-state index contributed by atoms with van der Waals surface area (Å²) in [6.07, 6.45) is 10.0. The van der Waals surface area contributed by atoms with Crippen molar-refractivity contribution < 1.29 is 0 Å². The fourth-order valence-electron chi connectivity index (χ4n) is 2.80. The standard InChI is InChI=1S/C14H27N5/c1-2-9-18-10-3-5-14(6-12-18)15-7-4-11-19-13-8-16-17-19/h8,13-15H,2-7,9-12H2,1H3. The minimum absolute atomic E-state index is 0.706. The molecule has 2 heterocycles. The van der Waals surface area contributed by atoms with E-state index >= 15 is 0 Å². The Morgan fingerprint density at radius 3 is 3.00 bits per heavy atom. The van der Waals surface area contributed by atoms with Gasteiger partial charge in [0.15, 0.2) is 0 Å². The lowest BCUT2D eigenvalue weighted by Gasteiger charge is -2.19. The predicted octanol–water partition coefficient (Wildman–Crippen LogP) is 1.52. The third-order valence-corrected chi connectivity index (χ3v) is 3.83. The summed E-state index contributed by atoms with van der Waals surface area (Å²) in [4.78, 5) is 2.61. The van der Waals surface area contributed by atoms with Crippen molar-refractivity contribution in [3.63, 3.8) is 0 Å². The third-order valence-electron chi connectivity index (χ3n) is 3.83. The molecule has 5 nitrogen and oxygen atoms in total. The van der Waals surface area contributed by atoms with Crippen molar-refractivity contribution in [2.24, 2.45) is 0 Å². The number of aryl methyl sites for hydroxylation is 1. The highest BCUT2D eigenvalue weighted by molar-refractivity contribution is 4.74. The van der Waals surface area contributed by atoms with E-state index in [0.717, 1.165) is 19.5 Å². The van der Waals surface area contributed by atoms with Gasteiger partial charge in [-0.2, -0.15) is 0 Å². The largest absolute Gasteiger partial charge is 0.314 e. The van der Waals surface area contributed by atoms with Crippen LogP contribution < -0.4 is 5.32 Å². The van der Waals surface area contributed by atoms with Crippen LogP contribution in [0.15, 0.2) is 12.4 Å². The summed E-state index contributed by atoms with van der Waals surface area (Å²) in [7, 11) is 0. The zero-order chi connectivity index (χ0) is 13.3. The molecule has 1 unspecified atom stereocenters. The second-order valence-electron chi connectivity index (χ2n) is 5.44. The molecule has 1 aliphatic rings. The van der Waals surface area contributed by atoms with Crippen LogP contribution >= 0.6 is 0 Å². The molecule has 108 valence electrons. The summed E-state index contributed by atoms with van der Waals surface area (Å²) in [5, 5.41) is 11.5. The first kappa shape index (κ1) is 14.5. The summed E-state index contributed by atoms with van der Waals surface area (Å²) in [6, 6.07) is 0.706. The molecule has 19 heavy (non-hydrogen) atoms. The maximum absolute atomic E-state index is 3.98. The molecule has 0 amide bonds. The van der Waals surface area contributed by atoms with E-state index < -0.39 is 0 Å². The monoisotopic (exact) mass is 265 g/mol. The van der Waals surface area contributed by atoms with Crippen LogP contribution in [-0.4, -0.2) is 52.1 Å². The summed E-state index contributed by atoms with van der Waals surface area (Å²) in [6.45, 7) is 8.11. The van der Waals surface area contributed by atoms with Gasteiger partial charge in [-0.05, 0) is 58.3 Å². The minimum atomic E-state index is 0.706. The first-order valence-electron chi connectivity index (χ1n) is 7.68. The van der Waals surface area contributed by atoms with Crippen LogP contribution in [0.25, 0.3) is 0 Å². The Balaban J connectivity index is 1.58. The van der Waals surface area contributed by atoms with Crippen molar-refractivity contribution in [2.45, 2.75) is 51.6 Å². The maximum Gasteiger partial charge on any atom is 0.0692 e. The van der Waals surface area contributed by atoms with Crippen LogP contribution in [0.2, 0.25) is 0 Å². The summed E-state index contributed by atoms with van der Waals surface area (Å²) in [5.74, 6) is 0. The number of nitrogens with one attached hydrogen (secondary N) is 1. The first-order chi connectivity index (χ1) is 9.38. The topological polar surface area (TPSA) is 46.0 Å². The number of rotatable bonds is 7. The average Bonchev–Trinajstić information content (AvgIpc) is 2.83. The fraction of sp³-hybridized carbons (Fsp3) is 0.857. The molecular formula is C14H27N5. The van der Waals surface area contributed by atoms with Crippen molar-refractivity contribution in [1.29, 1.82) is 0 Å². The van der Waals surface area contributed by atoms with E-state index in [1.165, 1.54) is 45.3 Å². The quantitative estimate of drug-likeness (QED) is 0.759. The van der Waals surface area contributed by atoms with Gasteiger partial charge in [0.2, 0.25) is 0 Å². The van der Waals surface area contributed by atoms with E-state index in [1.54, 1.807) is 6.20 Å². The smallest absolute Gasteiger partial charge is 0.0692 e. The van der Waals surface area contributed by atoms with Crippen LogP contribution in [0.3, 0.4) is 0 Å². The molecule has 2 rings (SSSR count). The highest BCUT2D eigenvalue weighted by Crippen LogP contribution is 2.11. The molecule has 5 heteroatoms. The lowest BCUT2D eigenvalue weighted by molar-refractivity contribution is 0.282. The summed E-state index contributed by atoms with van der Waals surface area (Å²) < 4.78 is 1.90. The van der Waals surface area contributed by atoms with Gasteiger partial charge in [-0.15, -0.1) is 5.10 Å². The molecular weight excluding hydrogens is 238 g/mol. The molecule has 1 aromatic heterocycles. The van der Waals surface area contributed by atoms with Gasteiger partial charge in [0.1, 0.15) is 0 Å². The predicted molar refractivity (Wildman–Crippen MR) is 77.0 cm³/mol. The molecule has 0 spiro atoms. The van der Waals surface area contributed by atoms with Gasteiger partial charge in [-0.1, -0.05) is 12.1 Å². The van der Waals surface area contributed by atoms with Gasteiger partial charge >= 0.3 is 0 Å².